The van der Waals surface area contributed by atoms with Gasteiger partial charge in [0.15, 0.2) is 15.6 Å². The average Bonchev–Trinajstić information content (AvgIpc) is 2.33. The van der Waals surface area contributed by atoms with Crippen LogP contribution in [-0.4, -0.2) is 25.2 Å². The van der Waals surface area contributed by atoms with Crippen LogP contribution in [0.4, 0.5) is 4.39 Å². The molecule has 0 aliphatic carbocycles. The second-order valence-corrected chi connectivity index (χ2v) is 7.90. The van der Waals surface area contributed by atoms with E-state index in [1.807, 2.05) is 0 Å². The van der Waals surface area contributed by atoms with E-state index in [2.05, 4.69) is 15.9 Å². The van der Waals surface area contributed by atoms with Gasteiger partial charge in [0.05, 0.1) is 10.2 Å². The van der Waals surface area contributed by atoms with Gasteiger partial charge in [-0.2, -0.15) is 0 Å². The smallest absolute Gasteiger partial charge is 0.160 e. The van der Waals surface area contributed by atoms with E-state index in [1.165, 1.54) is 18.2 Å². The predicted molar refractivity (Wildman–Crippen MR) is 74.2 cm³/mol. The maximum Gasteiger partial charge on any atom is 0.160 e. The Kier molecular flexibility index (Phi) is 4.40. The predicted octanol–water partition coefficient (Wildman–Crippen LogP) is 2.67. The monoisotopic (exact) mass is 348 g/mol. The zero-order valence-electron chi connectivity index (χ0n) is 10.2. The van der Waals surface area contributed by atoms with Gasteiger partial charge in [0, 0.05) is 6.42 Å². The fourth-order valence-electron chi connectivity index (χ4n) is 2.28. The van der Waals surface area contributed by atoms with Gasteiger partial charge in [0.25, 0.3) is 0 Å². The molecule has 1 unspecified atom stereocenters. The molecule has 6 heteroatoms. The molecule has 19 heavy (non-hydrogen) atoms. The van der Waals surface area contributed by atoms with E-state index in [0.29, 0.717) is 18.4 Å². The summed E-state index contributed by atoms with van der Waals surface area (Å²) in [4.78, 5) is 12.1. The third-order valence-corrected chi connectivity index (χ3v) is 6.13. The van der Waals surface area contributed by atoms with Crippen molar-refractivity contribution in [2.75, 3.05) is 5.75 Å². The molecule has 3 nitrogen and oxygen atoms in total. The molecule has 0 spiro atoms. The summed E-state index contributed by atoms with van der Waals surface area (Å²) in [6.45, 7) is 0. The lowest BCUT2D eigenvalue weighted by atomic mass is 10.0. The number of benzene rings is 1. The number of halogens is 2. The molecule has 1 aromatic carbocycles. The SMILES string of the molecule is O=C(Cc1ccc(F)c(Br)c1)C1CCCCS1(=O)=O. The highest BCUT2D eigenvalue weighted by atomic mass is 79.9. The Hall–Kier alpha value is -0.750. The van der Waals surface area contributed by atoms with Crippen molar-refractivity contribution in [3.63, 3.8) is 0 Å². The van der Waals surface area contributed by atoms with E-state index in [-0.39, 0.29) is 22.4 Å². The second-order valence-electron chi connectivity index (χ2n) is 4.74. The van der Waals surface area contributed by atoms with Crippen LogP contribution in [0.5, 0.6) is 0 Å². The molecule has 0 saturated carbocycles. The Bertz CT molecular complexity index is 598. The lowest BCUT2D eigenvalue weighted by Gasteiger charge is -2.21. The molecule has 1 fully saturated rings. The summed E-state index contributed by atoms with van der Waals surface area (Å²) in [6, 6.07) is 4.29. The zero-order chi connectivity index (χ0) is 14.0. The van der Waals surface area contributed by atoms with E-state index < -0.39 is 20.9 Å². The number of carbonyl (C=O) groups is 1. The fraction of sp³-hybridized carbons (Fsp3) is 0.462. The summed E-state index contributed by atoms with van der Waals surface area (Å²) in [5.74, 6) is -0.601. The molecule has 1 aromatic rings. The molecule has 2 rings (SSSR count). The van der Waals surface area contributed by atoms with Gasteiger partial charge in [-0.3, -0.25) is 4.79 Å². The molecule has 0 aromatic heterocycles. The van der Waals surface area contributed by atoms with Gasteiger partial charge >= 0.3 is 0 Å². The summed E-state index contributed by atoms with van der Waals surface area (Å²) in [7, 11) is -3.30. The molecule has 0 bridgehead atoms. The van der Waals surface area contributed by atoms with Crippen LogP contribution in [0.1, 0.15) is 24.8 Å². The number of Topliss-reactive ketones (excluding diaryl/α,β-unsaturated/α-hetero) is 1. The lowest BCUT2D eigenvalue weighted by molar-refractivity contribution is -0.118. The van der Waals surface area contributed by atoms with Crippen LogP contribution in [0.15, 0.2) is 22.7 Å². The molecule has 0 radical (unpaired) electrons. The minimum Gasteiger partial charge on any atom is -0.298 e. The highest BCUT2D eigenvalue weighted by molar-refractivity contribution is 9.10. The molecule has 1 saturated heterocycles. The fourth-order valence-corrected chi connectivity index (χ4v) is 4.61. The lowest BCUT2D eigenvalue weighted by Crippen LogP contribution is -2.36. The van der Waals surface area contributed by atoms with Gasteiger partial charge in [-0.1, -0.05) is 12.5 Å². The summed E-state index contributed by atoms with van der Waals surface area (Å²) >= 11 is 3.05. The number of carbonyl (C=O) groups excluding carboxylic acids is 1. The molecule has 0 amide bonds. The van der Waals surface area contributed by atoms with E-state index in [0.717, 1.165) is 6.42 Å². The van der Waals surface area contributed by atoms with E-state index in [9.17, 15) is 17.6 Å². The number of rotatable bonds is 3. The standard InChI is InChI=1S/C13H14BrFO3S/c14-10-7-9(4-5-11(10)15)8-12(16)13-3-1-2-6-19(13,17)18/h4-5,7,13H,1-3,6,8H2. The maximum atomic E-state index is 13.1. The Morgan fingerprint density at radius 3 is 2.74 bits per heavy atom. The van der Waals surface area contributed by atoms with Crippen molar-refractivity contribution in [2.45, 2.75) is 30.9 Å². The Morgan fingerprint density at radius 2 is 2.11 bits per heavy atom. The number of sulfone groups is 1. The highest BCUT2D eigenvalue weighted by Crippen LogP contribution is 2.23. The van der Waals surface area contributed by atoms with E-state index in [4.69, 9.17) is 0 Å². The molecule has 104 valence electrons. The van der Waals surface area contributed by atoms with Gasteiger partial charge in [-0.25, -0.2) is 12.8 Å². The molecular weight excluding hydrogens is 335 g/mol. The Morgan fingerprint density at radius 1 is 1.37 bits per heavy atom. The van der Waals surface area contributed by atoms with Crippen LogP contribution in [0, 0.1) is 5.82 Å². The largest absolute Gasteiger partial charge is 0.298 e. The quantitative estimate of drug-likeness (QED) is 0.843. The highest BCUT2D eigenvalue weighted by Gasteiger charge is 2.34. The minimum absolute atomic E-state index is 0.0305. The number of hydrogen-bond acceptors (Lipinski definition) is 3. The van der Waals surface area contributed by atoms with Crippen molar-refractivity contribution < 1.29 is 17.6 Å². The van der Waals surface area contributed by atoms with Crippen LogP contribution in [0.2, 0.25) is 0 Å². The van der Waals surface area contributed by atoms with Gasteiger partial charge < -0.3 is 0 Å². The van der Waals surface area contributed by atoms with E-state index in [1.54, 1.807) is 0 Å². The van der Waals surface area contributed by atoms with Crippen LogP contribution >= 0.6 is 15.9 Å². The van der Waals surface area contributed by atoms with Gasteiger partial charge in [0.1, 0.15) is 11.1 Å². The first-order valence-electron chi connectivity index (χ1n) is 6.08. The van der Waals surface area contributed by atoms with Crippen molar-refractivity contribution in [1.29, 1.82) is 0 Å². The minimum atomic E-state index is -3.30. The normalized spacial score (nSPS) is 22.1. The van der Waals surface area contributed by atoms with Crippen molar-refractivity contribution in [2.24, 2.45) is 0 Å². The van der Waals surface area contributed by atoms with Crippen molar-refractivity contribution in [3.05, 3.63) is 34.1 Å². The first-order valence-corrected chi connectivity index (χ1v) is 8.59. The Labute approximate surface area is 120 Å². The molecule has 1 aliphatic heterocycles. The summed E-state index contributed by atoms with van der Waals surface area (Å²) in [6.07, 6.45) is 1.84. The van der Waals surface area contributed by atoms with Crippen LogP contribution in [0.3, 0.4) is 0 Å². The molecule has 1 atom stereocenters. The number of hydrogen-bond donors (Lipinski definition) is 0. The van der Waals surface area contributed by atoms with Crippen molar-refractivity contribution >= 4 is 31.6 Å². The van der Waals surface area contributed by atoms with E-state index >= 15 is 0 Å². The van der Waals surface area contributed by atoms with Crippen molar-refractivity contribution in [3.8, 4) is 0 Å². The summed E-state index contributed by atoms with van der Waals surface area (Å²) in [5.41, 5.74) is 0.624. The van der Waals surface area contributed by atoms with Gasteiger partial charge in [0.2, 0.25) is 0 Å². The third kappa shape index (κ3) is 3.42. The molecular formula is C13H14BrFO3S. The maximum absolute atomic E-state index is 13.1. The first kappa shape index (κ1) is 14.7. The summed E-state index contributed by atoms with van der Waals surface area (Å²) < 4.78 is 37.1. The second kappa shape index (κ2) is 5.71. The molecule has 1 heterocycles. The van der Waals surface area contributed by atoms with Crippen LogP contribution < -0.4 is 0 Å². The Balaban J connectivity index is 2.14. The average molecular weight is 349 g/mol. The molecule has 1 aliphatic rings. The zero-order valence-corrected chi connectivity index (χ0v) is 12.6. The van der Waals surface area contributed by atoms with Gasteiger partial charge in [-0.05, 0) is 46.5 Å². The van der Waals surface area contributed by atoms with Gasteiger partial charge in [-0.15, -0.1) is 0 Å². The topological polar surface area (TPSA) is 51.2 Å². The molecule has 0 N–H and O–H groups in total. The third-order valence-electron chi connectivity index (χ3n) is 3.30. The van der Waals surface area contributed by atoms with Crippen molar-refractivity contribution in [1.82, 2.24) is 0 Å². The van der Waals surface area contributed by atoms with Crippen LogP contribution in [0.25, 0.3) is 0 Å². The van der Waals surface area contributed by atoms with Crippen LogP contribution in [-0.2, 0) is 21.1 Å². The summed E-state index contributed by atoms with van der Waals surface area (Å²) in [5, 5.41) is -0.884. The first-order chi connectivity index (χ1) is 8.90. The number of ketones is 1.